The zero-order valence-corrected chi connectivity index (χ0v) is 20.7. The first-order valence-corrected chi connectivity index (χ1v) is 11.9. The van der Waals surface area contributed by atoms with Crippen LogP contribution in [0.5, 0.6) is 11.5 Å². The summed E-state index contributed by atoms with van der Waals surface area (Å²) in [5.74, 6) is 1.12. The van der Waals surface area contributed by atoms with Gasteiger partial charge in [-0.3, -0.25) is 9.69 Å². The zero-order chi connectivity index (χ0) is 23.2. The van der Waals surface area contributed by atoms with Gasteiger partial charge in [-0.1, -0.05) is 33.3 Å². The lowest BCUT2D eigenvalue weighted by molar-refractivity contribution is -0.114. The number of hydrogen-bond acceptors (Lipinski definition) is 6. The Hall–Kier alpha value is -3.17. The average molecular weight is 527 g/mol. The van der Waals surface area contributed by atoms with Crippen LogP contribution < -0.4 is 14.4 Å². The molecule has 0 N–H and O–H groups in total. The lowest BCUT2D eigenvalue weighted by Gasteiger charge is -2.18. The van der Waals surface area contributed by atoms with E-state index >= 15 is 0 Å². The minimum atomic E-state index is -0.131. The Labute approximate surface area is 204 Å². The molecule has 170 valence electrons. The molecule has 2 aromatic heterocycles. The van der Waals surface area contributed by atoms with Gasteiger partial charge in [0.25, 0.3) is 5.91 Å². The molecule has 33 heavy (non-hydrogen) atoms. The van der Waals surface area contributed by atoms with E-state index < -0.39 is 0 Å². The first-order chi connectivity index (χ1) is 16.1. The first kappa shape index (κ1) is 23.0. The summed E-state index contributed by atoms with van der Waals surface area (Å²) < 4.78 is 14.6. The molecule has 0 spiro atoms. The Balaban J connectivity index is 1.57. The van der Waals surface area contributed by atoms with Crippen LogP contribution in [0.4, 0.5) is 5.13 Å². The molecule has 0 fully saturated rings. The molecular formula is C24H23BrN4O3S. The lowest BCUT2D eigenvalue weighted by atomic mass is 10.2. The van der Waals surface area contributed by atoms with Crippen LogP contribution in [0.15, 0.2) is 65.7 Å². The maximum atomic E-state index is 13.3. The highest BCUT2D eigenvalue weighted by Crippen LogP contribution is 2.32. The standard InChI is InChI=1S/C24H23BrN4O3S/c1-31-20-8-4-17(14-21(20)32-2)5-9-23(30)29(12-3-11-28-13-10-26-16-28)24-27-19-7-6-18(25)15-22(19)33-24/h4-10,13-16H,3,11-12H2,1-2H3/b9-5+. The first-order valence-electron chi connectivity index (χ1n) is 10.3. The van der Waals surface area contributed by atoms with Crippen molar-refractivity contribution in [2.75, 3.05) is 25.7 Å². The number of halogens is 1. The van der Waals surface area contributed by atoms with Gasteiger partial charge >= 0.3 is 0 Å². The summed E-state index contributed by atoms with van der Waals surface area (Å²) in [6, 6.07) is 11.5. The number of aryl methyl sites for hydroxylation is 1. The molecule has 0 unspecified atom stereocenters. The van der Waals surface area contributed by atoms with Crippen molar-refractivity contribution in [2.24, 2.45) is 0 Å². The van der Waals surface area contributed by atoms with E-state index in [9.17, 15) is 4.79 Å². The van der Waals surface area contributed by atoms with Crippen LogP contribution in [0.25, 0.3) is 16.3 Å². The second kappa shape index (κ2) is 10.6. The monoisotopic (exact) mass is 526 g/mol. The van der Waals surface area contributed by atoms with Gasteiger partial charge in [0.2, 0.25) is 0 Å². The second-order valence-electron chi connectivity index (χ2n) is 7.20. The van der Waals surface area contributed by atoms with Crippen molar-refractivity contribution in [1.29, 1.82) is 0 Å². The number of imidazole rings is 1. The number of benzene rings is 2. The van der Waals surface area contributed by atoms with Crippen molar-refractivity contribution in [2.45, 2.75) is 13.0 Å². The molecule has 0 aliphatic carbocycles. The maximum absolute atomic E-state index is 13.3. The number of carbonyl (C=O) groups is 1. The quantitative estimate of drug-likeness (QED) is 0.273. The normalized spacial score (nSPS) is 11.2. The Morgan fingerprint density at radius 1 is 1.18 bits per heavy atom. The SMILES string of the molecule is COc1ccc(/C=C/C(=O)N(CCCn2ccnc2)c2nc3ccc(Br)cc3s2)cc1OC. The molecule has 2 heterocycles. The average Bonchev–Trinajstić information content (AvgIpc) is 3.49. The number of carbonyl (C=O) groups excluding carboxylic acids is 1. The van der Waals surface area contributed by atoms with Gasteiger partial charge in [-0.25, -0.2) is 9.97 Å². The Morgan fingerprint density at radius 3 is 2.79 bits per heavy atom. The third kappa shape index (κ3) is 5.61. The zero-order valence-electron chi connectivity index (χ0n) is 18.3. The molecule has 0 atom stereocenters. The van der Waals surface area contributed by atoms with Gasteiger partial charge in [-0.15, -0.1) is 0 Å². The van der Waals surface area contributed by atoms with Crippen LogP contribution >= 0.6 is 27.3 Å². The highest BCUT2D eigenvalue weighted by atomic mass is 79.9. The fraction of sp³-hybridized carbons (Fsp3) is 0.208. The van der Waals surface area contributed by atoms with E-state index in [1.54, 1.807) is 43.8 Å². The number of rotatable bonds is 9. The summed E-state index contributed by atoms with van der Waals surface area (Å²) in [4.78, 5) is 23.8. The number of thiazole rings is 1. The molecule has 4 aromatic rings. The third-order valence-electron chi connectivity index (χ3n) is 5.02. The highest BCUT2D eigenvalue weighted by Gasteiger charge is 2.18. The summed E-state index contributed by atoms with van der Waals surface area (Å²) in [7, 11) is 3.18. The summed E-state index contributed by atoms with van der Waals surface area (Å²) in [6.45, 7) is 1.30. The van der Waals surface area contributed by atoms with E-state index in [-0.39, 0.29) is 5.91 Å². The summed E-state index contributed by atoms with van der Waals surface area (Å²) in [6.07, 6.45) is 9.56. The van der Waals surface area contributed by atoms with Crippen LogP contribution in [-0.2, 0) is 11.3 Å². The van der Waals surface area contributed by atoms with Gasteiger partial charge in [0, 0.05) is 36.0 Å². The minimum Gasteiger partial charge on any atom is -0.493 e. The largest absolute Gasteiger partial charge is 0.493 e. The molecule has 1 amide bonds. The van der Waals surface area contributed by atoms with E-state index in [2.05, 4.69) is 20.9 Å². The molecule has 0 radical (unpaired) electrons. The molecule has 0 saturated carbocycles. The summed E-state index contributed by atoms with van der Waals surface area (Å²) in [5.41, 5.74) is 1.71. The van der Waals surface area contributed by atoms with Gasteiger partial charge < -0.3 is 14.0 Å². The van der Waals surface area contributed by atoms with Crippen molar-refractivity contribution in [1.82, 2.24) is 14.5 Å². The Bertz CT molecular complexity index is 1270. The minimum absolute atomic E-state index is 0.131. The molecule has 0 bridgehead atoms. The van der Waals surface area contributed by atoms with Crippen LogP contribution in [0, 0.1) is 0 Å². The molecule has 0 aliphatic heterocycles. The van der Waals surface area contributed by atoms with Gasteiger partial charge in [-0.05, 0) is 48.4 Å². The summed E-state index contributed by atoms with van der Waals surface area (Å²) in [5, 5.41) is 0.677. The van der Waals surface area contributed by atoms with Crippen LogP contribution in [0.2, 0.25) is 0 Å². The Morgan fingerprint density at radius 2 is 2.03 bits per heavy atom. The van der Waals surface area contributed by atoms with Crippen LogP contribution in [0.1, 0.15) is 12.0 Å². The number of aromatic nitrogens is 3. The number of amides is 1. The van der Waals surface area contributed by atoms with Gasteiger partial charge in [0.15, 0.2) is 16.6 Å². The number of hydrogen-bond donors (Lipinski definition) is 0. The number of anilines is 1. The van der Waals surface area contributed by atoms with Gasteiger partial charge in [-0.2, -0.15) is 0 Å². The number of fused-ring (bicyclic) bond motifs is 1. The van der Waals surface area contributed by atoms with Gasteiger partial charge in [0.1, 0.15) is 0 Å². The number of methoxy groups -OCH3 is 2. The molecular weight excluding hydrogens is 504 g/mol. The molecule has 0 saturated heterocycles. The highest BCUT2D eigenvalue weighted by molar-refractivity contribution is 9.10. The van der Waals surface area contributed by atoms with Crippen LogP contribution in [-0.4, -0.2) is 41.2 Å². The molecule has 2 aromatic carbocycles. The van der Waals surface area contributed by atoms with E-state index in [0.717, 1.165) is 33.2 Å². The smallest absolute Gasteiger partial charge is 0.252 e. The van der Waals surface area contributed by atoms with E-state index in [4.69, 9.17) is 14.5 Å². The van der Waals surface area contributed by atoms with Crippen molar-refractivity contribution in [3.05, 3.63) is 71.2 Å². The fourth-order valence-corrected chi connectivity index (χ4v) is 4.90. The third-order valence-corrected chi connectivity index (χ3v) is 6.55. The summed E-state index contributed by atoms with van der Waals surface area (Å²) >= 11 is 5.01. The van der Waals surface area contributed by atoms with Crippen molar-refractivity contribution >= 4 is 54.6 Å². The molecule has 7 nitrogen and oxygen atoms in total. The Kier molecular flexibility index (Phi) is 7.41. The maximum Gasteiger partial charge on any atom is 0.252 e. The fourth-order valence-electron chi connectivity index (χ4n) is 3.35. The van der Waals surface area contributed by atoms with Crippen molar-refractivity contribution in [3.8, 4) is 11.5 Å². The lowest BCUT2D eigenvalue weighted by Crippen LogP contribution is -2.30. The number of ether oxygens (including phenoxy) is 2. The van der Waals surface area contributed by atoms with Gasteiger partial charge in [0.05, 0.1) is 30.8 Å². The second-order valence-corrected chi connectivity index (χ2v) is 9.12. The topological polar surface area (TPSA) is 69.5 Å². The molecule has 9 heteroatoms. The number of nitrogens with zero attached hydrogens (tertiary/aromatic N) is 4. The molecule has 4 rings (SSSR count). The van der Waals surface area contributed by atoms with Crippen LogP contribution in [0.3, 0.4) is 0 Å². The molecule has 0 aliphatic rings. The van der Waals surface area contributed by atoms with E-state index in [1.807, 2.05) is 47.2 Å². The van der Waals surface area contributed by atoms with Crippen molar-refractivity contribution < 1.29 is 14.3 Å². The predicted octanol–water partition coefficient (Wildman–Crippen LogP) is 5.41. The van der Waals surface area contributed by atoms with E-state index in [1.165, 1.54) is 11.3 Å². The predicted molar refractivity (Wildman–Crippen MR) is 135 cm³/mol. The van der Waals surface area contributed by atoms with Crippen molar-refractivity contribution in [3.63, 3.8) is 0 Å². The van der Waals surface area contributed by atoms with E-state index in [0.29, 0.717) is 23.2 Å².